The SMILES string of the molecule is OCC(O)CSc1ccc2ccccc2n1. The zero-order valence-electron chi connectivity index (χ0n) is 8.71. The number of aromatic nitrogens is 1. The molecule has 0 saturated heterocycles. The van der Waals surface area contributed by atoms with Crippen LogP contribution in [0.4, 0.5) is 0 Å². The molecule has 16 heavy (non-hydrogen) atoms. The van der Waals surface area contributed by atoms with Crippen molar-refractivity contribution < 1.29 is 10.2 Å². The number of para-hydroxylation sites is 1. The van der Waals surface area contributed by atoms with Crippen molar-refractivity contribution in [3.63, 3.8) is 0 Å². The largest absolute Gasteiger partial charge is 0.394 e. The predicted octanol–water partition coefficient (Wildman–Crippen LogP) is 1.68. The van der Waals surface area contributed by atoms with Crippen LogP contribution in [-0.2, 0) is 0 Å². The first-order valence-electron chi connectivity index (χ1n) is 5.07. The fourth-order valence-corrected chi connectivity index (χ4v) is 2.16. The van der Waals surface area contributed by atoms with Crippen LogP contribution < -0.4 is 0 Å². The molecule has 0 amide bonds. The van der Waals surface area contributed by atoms with Gasteiger partial charge in [-0.3, -0.25) is 0 Å². The van der Waals surface area contributed by atoms with E-state index in [0.717, 1.165) is 15.9 Å². The molecule has 1 aromatic heterocycles. The first-order chi connectivity index (χ1) is 7.79. The van der Waals surface area contributed by atoms with Crippen molar-refractivity contribution >= 4 is 22.7 Å². The van der Waals surface area contributed by atoms with E-state index in [2.05, 4.69) is 4.98 Å². The summed E-state index contributed by atoms with van der Waals surface area (Å²) in [5.41, 5.74) is 0.950. The molecule has 1 unspecified atom stereocenters. The summed E-state index contributed by atoms with van der Waals surface area (Å²) in [5.74, 6) is 0.460. The highest BCUT2D eigenvalue weighted by Gasteiger charge is 2.04. The third kappa shape index (κ3) is 2.72. The van der Waals surface area contributed by atoms with E-state index in [0.29, 0.717) is 5.75 Å². The number of benzene rings is 1. The third-order valence-corrected chi connectivity index (χ3v) is 3.28. The average molecular weight is 235 g/mol. The lowest BCUT2D eigenvalue weighted by Gasteiger charge is -2.06. The molecule has 1 heterocycles. The number of thioether (sulfide) groups is 1. The van der Waals surface area contributed by atoms with Gasteiger partial charge in [0.15, 0.2) is 0 Å². The topological polar surface area (TPSA) is 53.4 Å². The van der Waals surface area contributed by atoms with E-state index < -0.39 is 6.10 Å². The van der Waals surface area contributed by atoms with Crippen molar-refractivity contribution in [2.24, 2.45) is 0 Å². The van der Waals surface area contributed by atoms with E-state index in [4.69, 9.17) is 5.11 Å². The van der Waals surface area contributed by atoms with Gasteiger partial charge in [-0.05, 0) is 12.1 Å². The van der Waals surface area contributed by atoms with Crippen LogP contribution in [0.25, 0.3) is 10.9 Å². The molecule has 4 heteroatoms. The lowest BCUT2D eigenvalue weighted by Crippen LogP contribution is -2.14. The molecule has 0 radical (unpaired) electrons. The summed E-state index contributed by atoms with van der Waals surface area (Å²) in [6, 6.07) is 11.8. The molecule has 2 N–H and O–H groups in total. The van der Waals surface area contributed by atoms with Crippen molar-refractivity contribution in [1.29, 1.82) is 0 Å². The van der Waals surface area contributed by atoms with Gasteiger partial charge in [-0.25, -0.2) is 4.98 Å². The monoisotopic (exact) mass is 235 g/mol. The molecule has 0 spiro atoms. The second kappa shape index (κ2) is 5.30. The minimum Gasteiger partial charge on any atom is -0.394 e. The van der Waals surface area contributed by atoms with Crippen LogP contribution in [0.1, 0.15) is 0 Å². The average Bonchev–Trinajstić information content (AvgIpc) is 2.35. The zero-order chi connectivity index (χ0) is 11.4. The lowest BCUT2D eigenvalue weighted by atomic mass is 10.2. The highest BCUT2D eigenvalue weighted by atomic mass is 32.2. The highest BCUT2D eigenvalue weighted by molar-refractivity contribution is 7.99. The Morgan fingerprint density at radius 2 is 2.00 bits per heavy atom. The van der Waals surface area contributed by atoms with Gasteiger partial charge in [-0.2, -0.15) is 0 Å². The molecule has 3 nitrogen and oxygen atoms in total. The van der Waals surface area contributed by atoms with E-state index >= 15 is 0 Å². The van der Waals surface area contributed by atoms with Gasteiger partial charge in [0.25, 0.3) is 0 Å². The first kappa shape index (κ1) is 11.4. The number of pyridine rings is 1. The Morgan fingerprint density at radius 1 is 1.19 bits per heavy atom. The smallest absolute Gasteiger partial charge is 0.0968 e. The molecule has 0 aliphatic carbocycles. The number of fused-ring (bicyclic) bond motifs is 1. The van der Waals surface area contributed by atoms with Crippen LogP contribution >= 0.6 is 11.8 Å². The molecule has 2 rings (SSSR count). The molecule has 2 aromatic rings. The molecule has 0 aliphatic rings. The molecule has 1 aromatic carbocycles. The van der Waals surface area contributed by atoms with E-state index in [1.807, 2.05) is 36.4 Å². The Bertz CT molecular complexity index is 475. The Morgan fingerprint density at radius 3 is 2.81 bits per heavy atom. The van der Waals surface area contributed by atoms with E-state index in [9.17, 15) is 5.11 Å². The molecule has 0 aliphatic heterocycles. The Hall–Kier alpha value is -1.10. The van der Waals surface area contributed by atoms with Crippen LogP contribution in [0, 0.1) is 0 Å². The fraction of sp³-hybridized carbons (Fsp3) is 0.250. The number of aliphatic hydroxyl groups excluding tert-OH is 2. The number of nitrogens with zero attached hydrogens (tertiary/aromatic N) is 1. The second-order valence-corrected chi connectivity index (χ2v) is 4.53. The number of rotatable bonds is 4. The molecular formula is C12H13NO2S. The van der Waals surface area contributed by atoms with Crippen molar-refractivity contribution in [3.05, 3.63) is 36.4 Å². The first-order valence-corrected chi connectivity index (χ1v) is 6.05. The van der Waals surface area contributed by atoms with Gasteiger partial charge in [0.05, 0.1) is 23.3 Å². The quantitative estimate of drug-likeness (QED) is 0.792. The molecule has 0 fully saturated rings. The van der Waals surface area contributed by atoms with Crippen molar-refractivity contribution in [2.75, 3.05) is 12.4 Å². The van der Waals surface area contributed by atoms with Gasteiger partial charge in [0.2, 0.25) is 0 Å². The molecule has 84 valence electrons. The van der Waals surface area contributed by atoms with Crippen LogP contribution in [0.5, 0.6) is 0 Å². The Labute approximate surface area is 98.1 Å². The van der Waals surface area contributed by atoms with E-state index in [-0.39, 0.29) is 6.61 Å². The van der Waals surface area contributed by atoms with Gasteiger partial charge in [-0.1, -0.05) is 24.3 Å². The molecule has 0 bridgehead atoms. The van der Waals surface area contributed by atoms with E-state index in [1.54, 1.807) is 0 Å². The van der Waals surface area contributed by atoms with Crippen LogP contribution in [-0.4, -0.2) is 33.7 Å². The normalized spacial score (nSPS) is 12.9. The maximum absolute atomic E-state index is 9.23. The summed E-state index contributed by atoms with van der Waals surface area (Å²) in [6.07, 6.45) is -0.682. The Balaban J connectivity index is 2.13. The van der Waals surface area contributed by atoms with Crippen molar-refractivity contribution in [2.45, 2.75) is 11.1 Å². The zero-order valence-corrected chi connectivity index (χ0v) is 9.52. The summed E-state index contributed by atoms with van der Waals surface area (Å²) in [6.45, 7) is -0.208. The summed E-state index contributed by atoms with van der Waals surface area (Å²) in [7, 11) is 0. The minimum absolute atomic E-state index is 0.208. The third-order valence-electron chi connectivity index (χ3n) is 2.21. The number of hydrogen-bond donors (Lipinski definition) is 2. The maximum atomic E-state index is 9.23. The predicted molar refractivity (Wildman–Crippen MR) is 65.6 cm³/mol. The van der Waals surface area contributed by atoms with Gasteiger partial charge in [-0.15, -0.1) is 11.8 Å². The highest BCUT2D eigenvalue weighted by Crippen LogP contribution is 2.20. The van der Waals surface area contributed by atoms with E-state index in [1.165, 1.54) is 11.8 Å². The van der Waals surface area contributed by atoms with Crippen molar-refractivity contribution in [1.82, 2.24) is 4.98 Å². The Kier molecular flexibility index (Phi) is 3.77. The summed E-state index contributed by atoms with van der Waals surface area (Å²) in [4.78, 5) is 4.45. The summed E-state index contributed by atoms with van der Waals surface area (Å²) >= 11 is 1.45. The molecular weight excluding hydrogens is 222 g/mol. The standard InChI is InChI=1S/C12H13NO2S/c14-7-10(15)8-16-12-6-5-9-3-1-2-4-11(9)13-12/h1-6,10,14-15H,7-8H2. The minimum atomic E-state index is -0.682. The van der Waals surface area contributed by atoms with Gasteiger partial charge in [0.1, 0.15) is 0 Å². The van der Waals surface area contributed by atoms with Gasteiger partial charge < -0.3 is 10.2 Å². The molecule has 0 saturated carbocycles. The van der Waals surface area contributed by atoms with Crippen LogP contribution in [0.2, 0.25) is 0 Å². The fourth-order valence-electron chi connectivity index (χ4n) is 1.36. The number of aliphatic hydroxyl groups is 2. The van der Waals surface area contributed by atoms with Crippen molar-refractivity contribution in [3.8, 4) is 0 Å². The van der Waals surface area contributed by atoms with Gasteiger partial charge in [0, 0.05) is 11.1 Å². The van der Waals surface area contributed by atoms with Crippen LogP contribution in [0.3, 0.4) is 0 Å². The van der Waals surface area contributed by atoms with Gasteiger partial charge >= 0.3 is 0 Å². The lowest BCUT2D eigenvalue weighted by molar-refractivity contribution is 0.113. The second-order valence-electron chi connectivity index (χ2n) is 3.49. The number of hydrogen-bond acceptors (Lipinski definition) is 4. The summed E-state index contributed by atoms with van der Waals surface area (Å²) in [5, 5.41) is 19.9. The summed E-state index contributed by atoms with van der Waals surface area (Å²) < 4.78 is 0. The van der Waals surface area contributed by atoms with Crippen LogP contribution in [0.15, 0.2) is 41.4 Å². The molecule has 1 atom stereocenters. The maximum Gasteiger partial charge on any atom is 0.0968 e.